The number of thioether (sulfide) groups is 1. The maximum Gasteiger partial charge on any atom is 0.232 e. The highest BCUT2D eigenvalue weighted by atomic mass is 35.5. The van der Waals surface area contributed by atoms with Gasteiger partial charge >= 0.3 is 0 Å². The van der Waals surface area contributed by atoms with Gasteiger partial charge in [0, 0.05) is 10.8 Å². The fraction of sp³-hybridized carbons (Fsp3) is 0.278. The molecule has 2 aromatic rings. The highest BCUT2D eigenvalue weighted by molar-refractivity contribution is 7.99. The van der Waals surface area contributed by atoms with Crippen LogP contribution in [-0.4, -0.2) is 24.3 Å². The first-order valence-corrected chi connectivity index (χ1v) is 8.89. The summed E-state index contributed by atoms with van der Waals surface area (Å²) in [5.41, 5.74) is 1.23. The van der Waals surface area contributed by atoms with Crippen molar-refractivity contribution in [2.45, 2.75) is 17.9 Å². The maximum atomic E-state index is 12.0. The SMILES string of the molecule is C[C@@H](SCc1ccccc1)C(=O)NCCOc1ccc(Cl)cc1. The molecule has 0 spiro atoms. The van der Waals surface area contributed by atoms with Crippen molar-refractivity contribution >= 4 is 29.3 Å². The Hall–Kier alpha value is -1.65. The van der Waals surface area contributed by atoms with Crippen LogP contribution < -0.4 is 10.1 Å². The lowest BCUT2D eigenvalue weighted by atomic mass is 10.2. The molecule has 0 bridgehead atoms. The lowest BCUT2D eigenvalue weighted by Crippen LogP contribution is -2.34. The van der Waals surface area contributed by atoms with Gasteiger partial charge in [-0.05, 0) is 36.8 Å². The summed E-state index contributed by atoms with van der Waals surface area (Å²) in [6.45, 7) is 2.84. The van der Waals surface area contributed by atoms with E-state index in [1.165, 1.54) is 5.56 Å². The number of hydrogen-bond acceptors (Lipinski definition) is 3. The van der Waals surface area contributed by atoms with E-state index in [1.807, 2.05) is 37.3 Å². The molecule has 0 aliphatic carbocycles. The summed E-state index contributed by atoms with van der Waals surface area (Å²) in [5.74, 6) is 1.61. The molecule has 0 aromatic heterocycles. The Balaban J connectivity index is 1.63. The van der Waals surface area contributed by atoms with E-state index in [2.05, 4.69) is 17.4 Å². The number of ether oxygens (including phenoxy) is 1. The van der Waals surface area contributed by atoms with Gasteiger partial charge in [0.15, 0.2) is 0 Å². The van der Waals surface area contributed by atoms with Gasteiger partial charge in [0.1, 0.15) is 12.4 Å². The van der Waals surface area contributed by atoms with Gasteiger partial charge in [-0.2, -0.15) is 0 Å². The van der Waals surface area contributed by atoms with Gasteiger partial charge in [0.25, 0.3) is 0 Å². The molecule has 0 saturated carbocycles. The van der Waals surface area contributed by atoms with Crippen molar-refractivity contribution in [3.63, 3.8) is 0 Å². The quantitative estimate of drug-likeness (QED) is 0.727. The average Bonchev–Trinajstić information content (AvgIpc) is 2.59. The van der Waals surface area contributed by atoms with Crippen LogP contribution in [0.5, 0.6) is 5.75 Å². The highest BCUT2D eigenvalue weighted by Crippen LogP contribution is 2.17. The van der Waals surface area contributed by atoms with Gasteiger partial charge in [0.05, 0.1) is 11.8 Å². The van der Waals surface area contributed by atoms with Gasteiger partial charge in [-0.1, -0.05) is 41.9 Å². The Bertz CT molecular complexity index is 604. The van der Waals surface area contributed by atoms with Crippen molar-refractivity contribution in [2.75, 3.05) is 13.2 Å². The molecule has 0 aliphatic heterocycles. The predicted molar refractivity (Wildman–Crippen MR) is 97.2 cm³/mol. The highest BCUT2D eigenvalue weighted by Gasteiger charge is 2.12. The molecule has 0 aliphatic rings. The second-order valence-corrected chi connectivity index (χ2v) is 6.80. The zero-order valence-electron chi connectivity index (χ0n) is 13.0. The molecule has 0 heterocycles. The molecular formula is C18H20ClNO2S. The van der Waals surface area contributed by atoms with E-state index in [9.17, 15) is 4.79 Å². The van der Waals surface area contributed by atoms with E-state index in [1.54, 1.807) is 23.9 Å². The van der Waals surface area contributed by atoms with Crippen molar-refractivity contribution in [2.24, 2.45) is 0 Å². The second-order valence-electron chi connectivity index (χ2n) is 5.03. The summed E-state index contributed by atoms with van der Waals surface area (Å²) in [5, 5.41) is 3.47. The average molecular weight is 350 g/mol. The summed E-state index contributed by atoms with van der Waals surface area (Å²) < 4.78 is 5.54. The van der Waals surface area contributed by atoms with E-state index >= 15 is 0 Å². The number of nitrogens with one attached hydrogen (secondary N) is 1. The van der Waals surface area contributed by atoms with Gasteiger partial charge in [-0.25, -0.2) is 0 Å². The molecule has 1 amide bonds. The van der Waals surface area contributed by atoms with Gasteiger partial charge in [-0.15, -0.1) is 11.8 Å². The monoisotopic (exact) mass is 349 g/mol. The summed E-state index contributed by atoms with van der Waals surface area (Å²) in [4.78, 5) is 12.0. The molecule has 2 aromatic carbocycles. The fourth-order valence-electron chi connectivity index (χ4n) is 1.89. The molecule has 1 atom stereocenters. The zero-order valence-corrected chi connectivity index (χ0v) is 14.6. The van der Waals surface area contributed by atoms with Crippen LogP contribution >= 0.6 is 23.4 Å². The van der Waals surface area contributed by atoms with Crippen LogP contribution in [0.2, 0.25) is 5.02 Å². The minimum atomic E-state index is -0.0919. The summed E-state index contributed by atoms with van der Waals surface area (Å²) >= 11 is 7.43. The van der Waals surface area contributed by atoms with Crippen molar-refractivity contribution in [3.05, 3.63) is 65.2 Å². The Morgan fingerprint density at radius 3 is 2.57 bits per heavy atom. The van der Waals surface area contributed by atoms with E-state index in [0.717, 1.165) is 11.5 Å². The number of halogens is 1. The number of amides is 1. The summed E-state index contributed by atoms with van der Waals surface area (Å²) in [6.07, 6.45) is 0. The van der Waals surface area contributed by atoms with Gasteiger partial charge in [-0.3, -0.25) is 4.79 Å². The van der Waals surface area contributed by atoms with Crippen LogP contribution in [0.3, 0.4) is 0 Å². The lowest BCUT2D eigenvalue weighted by molar-refractivity contribution is -0.120. The number of carbonyl (C=O) groups excluding carboxylic acids is 1. The molecule has 0 unspecified atom stereocenters. The Labute approximate surface area is 146 Å². The molecule has 0 saturated heterocycles. The van der Waals surface area contributed by atoms with E-state index in [4.69, 9.17) is 16.3 Å². The number of carbonyl (C=O) groups is 1. The number of benzene rings is 2. The molecular weight excluding hydrogens is 330 g/mol. The molecule has 0 radical (unpaired) electrons. The Morgan fingerprint density at radius 1 is 1.17 bits per heavy atom. The molecule has 3 nitrogen and oxygen atoms in total. The van der Waals surface area contributed by atoms with Crippen LogP contribution in [0, 0.1) is 0 Å². The molecule has 5 heteroatoms. The van der Waals surface area contributed by atoms with Crippen molar-refractivity contribution in [3.8, 4) is 5.75 Å². The smallest absolute Gasteiger partial charge is 0.232 e. The third-order valence-corrected chi connectivity index (χ3v) is 4.66. The number of hydrogen-bond donors (Lipinski definition) is 1. The molecule has 2 rings (SSSR count). The minimum absolute atomic E-state index is 0.0330. The topological polar surface area (TPSA) is 38.3 Å². The minimum Gasteiger partial charge on any atom is -0.492 e. The largest absolute Gasteiger partial charge is 0.492 e. The van der Waals surface area contributed by atoms with E-state index < -0.39 is 0 Å². The normalized spacial score (nSPS) is 11.7. The first kappa shape index (κ1) is 17.7. The third-order valence-electron chi connectivity index (χ3n) is 3.20. The first-order chi connectivity index (χ1) is 11.1. The van der Waals surface area contributed by atoms with Gasteiger partial charge in [0.2, 0.25) is 5.91 Å². The molecule has 0 fully saturated rings. The zero-order chi connectivity index (χ0) is 16.5. The number of rotatable bonds is 8. The van der Waals surface area contributed by atoms with Crippen LogP contribution in [0.25, 0.3) is 0 Å². The Morgan fingerprint density at radius 2 is 1.87 bits per heavy atom. The fourth-order valence-corrected chi connectivity index (χ4v) is 2.88. The van der Waals surface area contributed by atoms with E-state index in [0.29, 0.717) is 18.2 Å². The molecule has 122 valence electrons. The second kappa shape index (κ2) is 9.48. The lowest BCUT2D eigenvalue weighted by Gasteiger charge is -2.12. The standard InChI is InChI=1S/C18H20ClNO2S/c1-14(23-13-15-5-3-2-4-6-15)18(21)20-11-12-22-17-9-7-16(19)8-10-17/h2-10,14H,11-13H2,1H3,(H,20,21)/t14-/m1/s1. The van der Waals surface area contributed by atoms with Crippen molar-refractivity contribution in [1.82, 2.24) is 5.32 Å². The van der Waals surface area contributed by atoms with Crippen LogP contribution in [0.1, 0.15) is 12.5 Å². The third kappa shape index (κ3) is 6.55. The van der Waals surface area contributed by atoms with Gasteiger partial charge < -0.3 is 10.1 Å². The Kier molecular flexibility index (Phi) is 7.30. The predicted octanol–water partition coefficient (Wildman–Crippen LogP) is 4.16. The summed E-state index contributed by atoms with van der Waals surface area (Å²) in [6, 6.07) is 17.3. The van der Waals surface area contributed by atoms with E-state index in [-0.39, 0.29) is 11.2 Å². The molecule has 23 heavy (non-hydrogen) atoms. The summed E-state index contributed by atoms with van der Waals surface area (Å²) in [7, 11) is 0. The molecule has 1 N–H and O–H groups in total. The van der Waals surface area contributed by atoms with Crippen LogP contribution in [0.15, 0.2) is 54.6 Å². The first-order valence-electron chi connectivity index (χ1n) is 7.47. The van der Waals surface area contributed by atoms with Crippen LogP contribution in [0.4, 0.5) is 0 Å². The maximum absolute atomic E-state index is 12.0. The van der Waals surface area contributed by atoms with Crippen molar-refractivity contribution in [1.29, 1.82) is 0 Å². The van der Waals surface area contributed by atoms with Crippen LogP contribution in [-0.2, 0) is 10.5 Å². The van der Waals surface area contributed by atoms with Crippen molar-refractivity contribution < 1.29 is 9.53 Å².